The number of carbonyl (C=O) groups is 1. The van der Waals surface area contributed by atoms with Gasteiger partial charge in [-0.1, -0.05) is 6.92 Å². The van der Waals surface area contributed by atoms with Crippen LogP contribution in [-0.4, -0.2) is 32.9 Å². The van der Waals surface area contributed by atoms with Crippen LogP contribution in [0.15, 0.2) is 6.07 Å². The average molecular weight is 225 g/mol. The zero-order valence-corrected chi connectivity index (χ0v) is 10.2. The van der Waals surface area contributed by atoms with Crippen LogP contribution in [0.4, 0.5) is 0 Å². The van der Waals surface area contributed by atoms with Crippen molar-refractivity contribution in [1.29, 1.82) is 0 Å². The molecule has 1 amide bonds. The van der Waals surface area contributed by atoms with E-state index in [0.29, 0.717) is 5.69 Å². The topological polar surface area (TPSA) is 67.2 Å². The van der Waals surface area contributed by atoms with E-state index >= 15 is 0 Å². The van der Waals surface area contributed by atoms with E-state index in [1.165, 1.54) is 0 Å². The molecule has 1 aromatic rings. The number of hydrogen-bond donors (Lipinski definition) is 2. The van der Waals surface area contributed by atoms with Crippen molar-refractivity contribution in [2.24, 2.45) is 7.05 Å². The minimum atomic E-state index is -0.901. The Morgan fingerprint density at radius 1 is 1.62 bits per heavy atom. The molecule has 0 unspecified atom stereocenters. The van der Waals surface area contributed by atoms with Crippen LogP contribution in [0, 0.1) is 0 Å². The molecule has 0 aliphatic rings. The van der Waals surface area contributed by atoms with Crippen LogP contribution in [-0.2, 0) is 13.5 Å². The second-order valence-electron chi connectivity index (χ2n) is 4.49. The summed E-state index contributed by atoms with van der Waals surface area (Å²) in [5, 5.41) is 16.4. The van der Waals surface area contributed by atoms with Crippen LogP contribution in [0.2, 0.25) is 0 Å². The van der Waals surface area contributed by atoms with E-state index < -0.39 is 5.60 Å². The Kier molecular flexibility index (Phi) is 3.70. The predicted octanol–water partition coefficient (Wildman–Crippen LogP) is 0.483. The molecule has 1 heterocycles. The lowest BCUT2D eigenvalue weighted by molar-refractivity contribution is 0.0689. The summed E-state index contributed by atoms with van der Waals surface area (Å²) in [6, 6.07) is 1.76. The van der Waals surface area contributed by atoms with E-state index in [4.69, 9.17) is 0 Å². The molecule has 0 saturated heterocycles. The largest absolute Gasteiger partial charge is 0.389 e. The highest BCUT2D eigenvalue weighted by molar-refractivity contribution is 5.92. The molecule has 0 radical (unpaired) electrons. The van der Waals surface area contributed by atoms with Crippen molar-refractivity contribution in [3.63, 3.8) is 0 Å². The third-order valence-corrected chi connectivity index (χ3v) is 2.21. The quantitative estimate of drug-likeness (QED) is 0.783. The monoisotopic (exact) mass is 225 g/mol. The summed E-state index contributed by atoms with van der Waals surface area (Å²) < 4.78 is 1.55. The van der Waals surface area contributed by atoms with Crippen molar-refractivity contribution in [2.75, 3.05) is 6.54 Å². The molecule has 5 heteroatoms. The van der Waals surface area contributed by atoms with Crippen molar-refractivity contribution in [1.82, 2.24) is 15.1 Å². The lowest BCUT2D eigenvalue weighted by Crippen LogP contribution is -2.38. The fraction of sp³-hybridized carbons (Fsp3) is 0.636. The fourth-order valence-electron chi connectivity index (χ4n) is 1.30. The van der Waals surface area contributed by atoms with E-state index in [2.05, 4.69) is 10.4 Å². The van der Waals surface area contributed by atoms with Gasteiger partial charge in [0.25, 0.3) is 5.91 Å². The van der Waals surface area contributed by atoms with Gasteiger partial charge in [-0.2, -0.15) is 5.10 Å². The van der Waals surface area contributed by atoms with Gasteiger partial charge in [0.15, 0.2) is 0 Å². The maximum Gasteiger partial charge on any atom is 0.269 e. The average Bonchev–Trinajstić information content (AvgIpc) is 2.55. The Balaban J connectivity index is 2.69. The van der Waals surface area contributed by atoms with Gasteiger partial charge in [-0.25, -0.2) is 0 Å². The highest BCUT2D eigenvalue weighted by Gasteiger charge is 2.17. The van der Waals surface area contributed by atoms with Crippen molar-refractivity contribution in [3.05, 3.63) is 17.5 Å². The summed E-state index contributed by atoms with van der Waals surface area (Å²) in [5.74, 6) is -0.211. The number of hydrogen-bond acceptors (Lipinski definition) is 3. The third-order valence-electron chi connectivity index (χ3n) is 2.21. The number of nitrogens with one attached hydrogen (secondary N) is 1. The van der Waals surface area contributed by atoms with Gasteiger partial charge in [0.2, 0.25) is 0 Å². The molecule has 0 bridgehead atoms. The maximum absolute atomic E-state index is 11.8. The lowest BCUT2D eigenvalue weighted by atomic mass is 10.1. The summed E-state index contributed by atoms with van der Waals surface area (Å²) in [6.07, 6.45) is 0.798. The van der Waals surface area contributed by atoms with E-state index in [1.54, 1.807) is 31.6 Å². The normalized spacial score (nSPS) is 11.6. The smallest absolute Gasteiger partial charge is 0.269 e. The molecule has 0 spiro atoms. The van der Waals surface area contributed by atoms with Crippen LogP contribution in [0.1, 0.15) is 37.0 Å². The molecule has 2 N–H and O–H groups in total. The van der Waals surface area contributed by atoms with Gasteiger partial charge in [-0.15, -0.1) is 0 Å². The summed E-state index contributed by atoms with van der Waals surface area (Å²) >= 11 is 0. The minimum Gasteiger partial charge on any atom is -0.389 e. The molecule has 0 atom stereocenters. The highest BCUT2D eigenvalue weighted by Crippen LogP contribution is 2.04. The van der Waals surface area contributed by atoms with Gasteiger partial charge in [0.05, 0.1) is 11.3 Å². The molecule has 0 saturated carbocycles. The first-order valence-electron chi connectivity index (χ1n) is 5.37. The number of aryl methyl sites for hydroxylation is 2. The van der Waals surface area contributed by atoms with Crippen molar-refractivity contribution >= 4 is 5.91 Å². The number of nitrogens with zero attached hydrogens (tertiary/aromatic N) is 2. The van der Waals surface area contributed by atoms with Gasteiger partial charge < -0.3 is 10.4 Å². The molecule has 0 fully saturated rings. The number of amides is 1. The first-order valence-corrected chi connectivity index (χ1v) is 5.37. The Hall–Kier alpha value is -1.36. The molecule has 90 valence electrons. The molecule has 1 rings (SSSR count). The number of rotatable bonds is 4. The van der Waals surface area contributed by atoms with Crippen molar-refractivity contribution in [3.8, 4) is 0 Å². The zero-order chi connectivity index (χ0) is 12.3. The minimum absolute atomic E-state index is 0.211. The molecule has 0 aliphatic heterocycles. The Morgan fingerprint density at radius 3 is 2.69 bits per heavy atom. The van der Waals surface area contributed by atoms with Gasteiger partial charge in [-0.05, 0) is 26.3 Å². The summed E-state index contributed by atoms with van der Waals surface area (Å²) in [5.41, 5.74) is 0.499. The lowest BCUT2D eigenvalue weighted by Gasteiger charge is -2.17. The second-order valence-corrected chi connectivity index (χ2v) is 4.49. The Morgan fingerprint density at radius 2 is 2.25 bits per heavy atom. The van der Waals surface area contributed by atoms with Gasteiger partial charge in [0.1, 0.15) is 5.69 Å². The number of aromatic nitrogens is 2. The van der Waals surface area contributed by atoms with Crippen molar-refractivity contribution < 1.29 is 9.90 Å². The number of carbonyl (C=O) groups excluding carboxylic acids is 1. The molecule has 5 nitrogen and oxygen atoms in total. The van der Waals surface area contributed by atoms with Crippen LogP contribution >= 0.6 is 0 Å². The molecular formula is C11H19N3O2. The van der Waals surface area contributed by atoms with Crippen LogP contribution < -0.4 is 5.32 Å². The standard InChI is InChI=1S/C11H19N3O2/c1-5-8-6-9(14(4)13-8)10(15)12-7-11(2,3)16/h6,16H,5,7H2,1-4H3,(H,12,15). The van der Waals surface area contributed by atoms with E-state index in [1.807, 2.05) is 6.92 Å². The summed E-state index contributed by atoms with van der Waals surface area (Å²) in [4.78, 5) is 11.8. The number of aliphatic hydroxyl groups is 1. The molecule has 16 heavy (non-hydrogen) atoms. The summed E-state index contributed by atoms with van der Waals surface area (Å²) in [7, 11) is 1.73. The van der Waals surface area contributed by atoms with E-state index in [9.17, 15) is 9.90 Å². The zero-order valence-electron chi connectivity index (χ0n) is 10.2. The molecule has 0 aliphatic carbocycles. The van der Waals surface area contributed by atoms with Crippen molar-refractivity contribution in [2.45, 2.75) is 32.8 Å². The van der Waals surface area contributed by atoms with Gasteiger partial charge in [-0.3, -0.25) is 9.48 Å². The second kappa shape index (κ2) is 4.65. The SMILES string of the molecule is CCc1cc(C(=O)NCC(C)(C)O)n(C)n1. The predicted molar refractivity (Wildman–Crippen MR) is 61.2 cm³/mol. The van der Waals surface area contributed by atoms with Crippen LogP contribution in [0.25, 0.3) is 0 Å². The molecule has 0 aromatic carbocycles. The maximum atomic E-state index is 11.8. The summed E-state index contributed by atoms with van der Waals surface area (Å²) in [6.45, 7) is 5.50. The fourth-order valence-corrected chi connectivity index (χ4v) is 1.30. The Bertz CT molecular complexity index is 377. The molecular weight excluding hydrogens is 206 g/mol. The van der Waals surface area contributed by atoms with E-state index in [0.717, 1.165) is 12.1 Å². The van der Waals surface area contributed by atoms with Gasteiger partial charge in [0, 0.05) is 13.6 Å². The Labute approximate surface area is 95.5 Å². The first-order chi connectivity index (χ1) is 7.33. The van der Waals surface area contributed by atoms with Crippen LogP contribution in [0.5, 0.6) is 0 Å². The van der Waals surface area contributed by atoms with Gasteiger partial charge >= 0.3 is 0 Å². The van der Waals surface area contributed by atoms with E-state index in [-0.39, 0.29) is 12.5 Å². The molecule has 1 aromatic heterocycles. The van der Waals surface area contributed by atoms with Crippen LogP contribution in [0.3, 0.4) is 0 Å². The first kappa shape index (κ1) is 12.7. The highest BCUT2D eigenvalue weighted by atomic mass is 16.3. The third kappa shape index (κ3) is 3.34.